The average Bonchev–Trinajstić information content (AvgIpc) is 3.00. The molecule has 0 unspecified atom stereocenters. The van der Waals surface area contributed by atoms with Gasteiger partial charge in [0.25, 0.3) is 0 Å². The number of anilines is 1. The first-order valence-corrected chi connectivity index (χ1v) is 10.5. The summed E-state index contributed by atoms with van der Waals surface area (Å²) in [6.07, 6.45) is 1.11. The Morgan fingerprint density at radius 2 is 1.79 bits per heavy atom. The number of hydrogen-bond acceptors (Lipinski definition) is 4. The van der Waals surface area contributed by atoms with Crippen molar-refractivity contribution in [3.63, 3.8) is 0 Å². The Hall–Kier alpha value is -2.54. The first-order chi connectivity index (χ1) is 14.1. The monoisotopic (exact) mass is 397 g/mol. The largest absolute Gasteiger partial charge is 0.369 e. The molecule has 1 aliphatic heterocycles. The standard InChI is InChI=1S/C22H35N7/c1-18-21(19(2)27(4)26-18)17-25-22(23-3)24-11-8-12-28-13-15-29(16-14-28)20-9-6-5-7-10-20/h5-7,9-10H,8,11-17H2,1-4H3,(H2,23,24,25). The molecule has 2 N–H and O–H groups in total. The van der Waals surface area contributed by atoms with Crippen LogP contribution in [0.1, 0.15) is 23.4 Å². The molecule has 1 fully saturated rings. The minimum absolute atomic E-state index is 0.743. The van der Waals surface area contributed by atoms with E-state index in [4.69, 9.17) is 0 Å². The highest BCUT2D eigenvalue weighted by Crippen LogP contribution is 2.15. The van der Waals surface area contributed by atoms with Gasteiger partial charge in [-0.25, -0.2) is 0 Å². The topological polar surface area (TPSA) is 60.7 Å². The van der Waals surface area contributed by atoms with E-state index in [0.717, 1.165) is 63.9 Å². The molecule has 0 saturated carbocycles. The summed E-state index contributed by atoms with van der Waals surface area (Å²) in [5.74, 6) is 0.849. The Labute approximate surface area is 174 Å². The van der Waals surface area contributed by atoms with Crippen molar-refractivity contribution in [2.45, 2.75) is 26.8 Å². The third-order valence-electron chi connectivity index (χ3n) is 5.75. The van der Waals surface area contributed by atoms with Gasteiger partial charge in [-0.15, -0.1) is 0 Å². The molecule has 0 aliphatic carbocycles. The minimum atomic E-state index is 0.743. The van der Waals surface area contributed by atoms with Crippen molar-refractivity contribution in [1.82, 2.24) is 25.3 Å². The van der Waals surface area contributed by atoms with Gasteiger partial charge in [0, 0.05) is 70.3 Å². The van der Waals surface area contributed by atoms with Gasteiger partial charge in [0.2, 0.25) is 0 Å². The van der Waals surface area contributed by atoms with Gasteiger partial charge < -0.3 is 15.5 Å². The second kappa shape index (κ2) is 10.3. The number of rotatable bonds is 7. The molecule has 0 bridgehead atoms. The average molecular weight is 398 g/mol. The van der Waals surface area contributed by atoms with Gasteiger partial charge in [-0.05, 0) is 38.9 Å². The van der Waals surface area contributed by atoms with E-state index in [1.54, 1.807) is 0 Å². The molecule has 3 rings (SSSR count). The molecule has 29 heavy (non-hydrogen) atoms. The number of aryl methyl sites for hydroxylation is 2. The Balaban J connectivity index is 1.33. The fraction of sp³-hybridized carbons (Fsp3) is 0.545. The molecule has 2 heterocycles. The van der Waals surface area contributed by atoms with Crippen LogP contribution in [0.5, 0.6) is 0 Å². The SMILES string of the molecule is CN=C(NCCCN1CCN(c2ccccc2)CC1)NCc1c(C)nn(C)c1C. The third kappa shape index (κ3) is 5.73. The van der Waals surface area contributed by atoms with Crippen LogP contribution in [0.4, 0.5) is 5.69 Å². The molecule has 158 valence electrons. The zero-order chi connectivity index (χ0) is 20.6. The van der Waals surface area contributed by atoms with E-state index >= 15 is 0 Å². The summed E-state index contributed by atoms with van der Waals surface area (Å²) in [7, 11) is 3.81. The van der Waals surface area contributed by atoms with Crippen molar-refractivity contribution in [3.05, 3.63) is 47.3 Å². The zero-order valence-corrected chi connectivity index (χ0v) is 18.3. The smallest absolute Gasteiger partial charge is 0.191 e. The van der Waals surface area contributed by atoms with Gasteiger partial charge in [0.15, 0.2) is 5.96 Å². The van der Waals surface area contributed by atoms with Crippen LogP contribution in [0.2, 0.25) is 0 Å². The summed E-state index contributed by atoms with van der Waals surface area (Å²) in [6, 6.07) is 10.7. The van der Waals surface area contributed by atoms with Crippen LogP contribution in [0.15, 0.2) is 35.3 Å². The number of benzene rings is 1. The van der Waals surface area contributed by atoms with Crippen LogP contribution < -0.4 is 15.5 Å². The molecule has 0 atom stereocenters. The lowest BCUT2D eigenvalue weighted by Crippen LogP contribution is -2.47. The molecule has 1 aliphatic rings. The number of hydrogen-bond donors (Lipinski definition) is 2. The van der Waals surface area contributed by atoms with E-state index in [1.807, 2.05) is 18.8 Å². The van der Waals surface area contributed by atoms with Crippen molar-refractivity contribution in [1.29, 1.82) is 0 Å². The highest BCUT2D eigenvalue weighted by molar-refractivity contribution is 5.79. The maximum Gasteiger partial charge on any atom is 0.191 e. The van der Waals surface area contributed by atoms with Crippen LogP contribution in [0.3, 0.4) is 0 Å². The molecule has 7 heteroatoms. The van der Waals surface area contributed by atoms with Crippen molar-refractivity contribution in [2.75, 3.05) is 51.2 Å². The fourth-order valence-electron chi connectivity index (χ4n) is 3.84. The van der Waals surface area contributed by atoms with Crippen LogP contribution >= 0.6 is 0 Å². The fourth-order valence-corrected chi connectivity index (χ4v) is 3.84. The Kier molecular flexibility index (Phi) is 7.52. The lowest BCUT2D eigenvalue weighted by Gasteiger charge is -2.36. The number of piperazine rings is 1. The molecular formula is C22H35N7. The number of aromatic nitrogens is 2. The molecule has 1 saturated heterocycles. The van der Waals surface area contributed by atoms with E-state index in [-0.39, 0.29) is 0 Å². The second-order valence-electron chi connectivity index (χ2n) is 7.64. The highest BCUT2D eigenvalue weighted by atomic mass is 15.3. The Bertz CT molecular complexity index is 789. The van der Waals surface area contributed by atoms with Gasteiger partial charge >= 0.3 is 0 Å². The summed E-state index contributed by atoms with van der Waals surface area (Å²) in [4.78, 5) is 9.37. The maximum absolute atomic E-state index is 4.47. The number of aliphatic imine (C=N–C) groups is 1. The van der Waals surface area contributed by atoms with Gasteiger partial charge in [0.1, 0.15) is 0 Å². The zero-order valence-electron chi connectivity index (χ0n) is 18.3. The van der Waals surface area contributed by atoms with Gasteiger partial charge in [-0.1, -0.05) is 18.2 Å². The molecule has 0 spiro atoms. The lowest BCUT2D eigenvalue weighted by atomic mass is 10.2. The summed E-state index contributed by atoms with van der Waals surface area (Å²) in [5, 5.41) is 11.3. The first kappa shape index (κ1) is 21.2. The van der Waals surface area contributed by atoms with Crippen LogP contribution in [-0.2, 0) is 13.6 Å². The van der Waals surface area contributed by atoms with Crippen LogP contribution in [0, 0.1) is 13.8 Å². The molecule has 7 nitrogen and oxygen atoms in total. The minimum Gasteiger partial charge on any atom is -0.369 e. The van der Waals surface area contributed by atoms with Crippen molar-refractivity contribution < 1.29 is 0 Å². The van der Waals surface area contributed by atoms with Gasteiger partial charge in [-0.3, -0.25) is 14.6 Å². The van der Waals surface area contributed by atoms with Gasteiger partial charge in [0.05, 0.1) is 5.69 Å². The maximum atomic E-state index is 4.47. The van der Waals surface area contributed by atoms with E-state index in [2.05, 4.69) is 74.7 Å². The molecule has 1 aromatic carbocycles. The van der Waals surface area contributed by atoms with E-state index in [0.29, 0.717) is 0 Å². The molecule has 1 aromatic heterocycles. The quantitative estimate of drug-likeness (QED) is 0.425. The van der Waals surface area contributed by atoms with Crippen molar-refractivity contribution in [2.24, 2.45) is 12.0 Å². The predicted octanol–water partition coefficient (Wildman–Crippen LogP) is 1.91. The highest BCUT2D eigenvalue weighted by Gasteiger charge is 2.16. The molecule has 0 amide bonds. The summed E-state index contributed by atoms with van der Waals surface area (Å²) in [6.45, 7) is 11.4. The number of nitrogens with zero attached hydrogens (tertiary/aromatic N) is 5. The lowest BCUT2D eigenvalue weighted by molar-refractivity contribution is 0.255. The van der Waals surface area contributed by atoms with Crippen LogP contribution in [-0.4, -0.2) is 67.0 Å². The number of para-hydroxylation sites is 1. The predicted molar refractivity (Wildman–Crippen MR) is 121 cm³/mol. The summed E-state index contributed by atoms with van der Waals surface area (Å²) < 4.78 is 1.93. The summed E-state index contributed by atoms with van der Waals surface area (Å²) in [5.41, 5.74) is 4.84. The van der Waals surface area contributed by atoms with E-state index < -0.39 is 0 Å². The van der Waals surface area contributed by atoms with Gasteiger partial charge in [-0.2, -0.15) is 5.10 Å². The first-order valence-electron chi connectivity index (χ1n) is 10.5. The number of nitrogens with one attached hydrogen (secondary N) is 2. The Morgan fingerprint density at radius 3 is 2.41 bits per heavy atom. The molecule has 2 aromatic rings. The third-order valence-corrected chi connectivity index (χ3v) is 5.75. The molecular weight excluding hydrogens is 362 g/mol. The van der Waals surface area contributed by atoms with E-state index in [9.17, 15) is 0 Å². The summed E-state index contributed by atoms with van der Waals surface area (Å²) >= 11 is 0. The number of guanidine groups is 1. The molecule has 0 radical (unpaired) electrons. The second-order valence-corrected chi connectivity index (χ2v) is 7.64. The van der Waals surface area contributed by atoms with Crippen molar-refractivity contribution in [3.8, 4) is 0 Å². The van der Waals surface area contributed by atoms with Crippen molar-refractivity contribution >= 4 is 11.6 Å². The normalized spacial score (nSPS) is 15.6. The Morgan fingerprint density at radius 1 is 1.07 bits per heavy atom. The van der Waals surface area contributed by atoms with E-state index in [1.165, 1.54) is 16.9 Å². The van der Waals surface area contributed by atoms with Crippen LogP contribution in [0.25, 0.3) is 0 Å².